The van der Waals surface area contributed by atoms with Crippen molar-refractivity contribution in [3.05, 3.63) is 96.2 Å². The van der Waals surface area contributed by atoms with Crippen molar-refractivity contribution < 1.29 is 9.59 Å². The molecule has 1 aromatic heterocycles. The molecule has 0 aliphatic carbocycles. The standard InChI is InChI=1S/C33H35N5O2/c39-32(36-19-6-2-7-20-36)27-17-15-26(16-18-27)28-12-9-13-29(23-28)31-24-38(35-34-31)33(40)37-21-8-5-14-30(37)22-25-10-3-1-4-11-25/h1,3-4,9-13,15-18,23-24,30H,2,5-8,14,19-22H2. The second-order valence-electron chi connectivity index (χ2n) is 10.9. The Morgan fingerprint density at radius 1 is 0.750 bits per heavy atom. The average molecular weight is 534 g/mol. The molecule has 0 bridgehead atoms. The summed E-state index contributed by atoms with van der Waals surface area (Å²) < 4.78 is 1.38. The first-order valence-corrected chi connectivity index (χ1v) is 14.4. The number of piperidine rings is 2. The lowest BCUT2D eigenvalue weighted by atomic mass is 9.96. The fourth-order valence-corrected chi connectivity index (χ4v) is 5.91. The van der Waals surface area contributed by atoms with E-state index >= 15 is 0 Å². The highest BCUT2D eigenvalue weighted by atomic mass is 16.2. The van der Waals surface area contributed by atoms with E-state index in [0.717, 1.165) is 80.4 Å². The zero-order valence-corrected chi connectivity index (χ0v) is 22.8. The number of amides is 2. The van der Waals surface area contributed by atoms with Crippen LogP contribution < -0.4 is 0 Å². The number of hydrogen-bond acceptors (Lipinski definition) is 4. The number of rotatable bonds is 5. The lowest BCUT2D eigenvalue weighted by Gasteiger charge is -2.35. The molecule has 1 unspecified atom stereocenters. The fraction of sp³-hybridized carbons (Fsp3) is 0.333. The van der Waals surface area contributed by atoms with Crippen LogP contribution in [0.5, 0.6) is 0 Å². The van der Waals surface area contributed by atoms with Gasteiger partial charge in [-0.1, -0.05) is 65.9 Å². The smallest absolute Gasteiger partial charge is 0.339 e. The third-order valence-electron chi connectivity index (χ3n) is 8.14. The van der Waals surface area contributed by atoms with E-state index in [1.54, 1.807) is 6.20 Å². The van der Waals surface area contributed by atoms with Gasteiger partial charge in [-0.25, -0.2) is 4.79 Å². The van der Waals surface area contributed by atoms with Gasteiger partial charge < -0.3 is 9.80 Å². The van der Waals surface area contributed by atoms with Crippen molar-refractivity contribution in [3.8, 4) is 22.4 Å². The predicted molar refractivity (Wildman–Crippen MR) is 156 cm³/mol. The molecule has 0 N–H and O–H groups in total. The molecule has 40 heavy (non-hydrogen) atoms. The van der Waals surface area contributed by atoms with Crippen molar-refractivity contribution in [3.63, 3.8) is 0 Å². The Hall–Kier alpha value is -4.26. The van der Waals surface area contributed by atoms with Crippen molar-refractivity contribution in [2.45, 2.75) is 51.0 Å². The van der Waals surface area contributed by atoms with Gasteiger partial charge in [0.05, 0.1) is 6.20 Å². The number of carbonyl (C=O) groups is 2. The Morgan fingerprint density at radius 2 is 1.50 bits per heavy atom. The highest BCUT2D eigenvalue weighted by Crippen LogP contribution is 2.27. The SMILES string of the molecule is O=C(c1ccc(-c2cccc(-c3cn(C(=O)N4CCCCC4Cc4ccccc4)nn3)c2)cc1)N1CCCCC1. The lowest BCUT2D eigenvalue weighted by molar-refractivity contribution is 0.0724. The van der Waals surface area contributed by atoms with Gasteiger partial charge in [0, 0.05) is 36.8 Å². The number of aromatic nitrogens is 3. The summed E-state index contributed by atoms with van der Waals surface area (Å²) in [5.41, 5.74) is 5.57. The highest BCUT2D eigenvalue weighted by Gasteiger charge is 2.28. The quantitative estimate of drug-likeness (QED) is 0.302. The van der Waals surface area contributed by atoms with Crippen molar-refractivity contribution in [2.24, 2.45) is 0 Å². The van der Waals surface area contributed by atoms with E-state index in [4.69, 9.17) is 0 Å². The van der Waals surface area contributed by atoms with Gasteiger partial charge in [-0.3, -0.25) is 4.79 Å². The summed E-state index contributed by atoms with van der Waals surface area (Å²) in [5, 5.41) is 8.57. The molecule has 3 heterocycles. The van der Waals surface area contributed by atoms with Gasteiger partial charge >= 0.3 is 6.03 Å². The molecular formula is C33H35N5O2. The molecule has 0 saturated carbocycles. The van der Waals surface area contributed by atoms with Gasteiger partial charge in [-0.2, -0.15) is 4.68 Å². The molecule has 2 aliphatic rings. The Kier molecular flexibility index (Phi) is 7.71. The summed E-state index contributed by atoms with van der Waals surface area (Å²) in [6.45, 7) is 2.42. The monoisotopic (exact) mass is 533 g/mol. The van der Waals surface area contributed by atoms with Gasteiger partial charge in [0.15, 0.2) is 0 Å². The molecule has 2 saturated heterocycles. The van der Waals surface area contributed by atoms with Crippen molar-refractivity contribution >= 4 is 11.9 Å². The summed E-state index contributed by atoms with van der Waals surface area (Å²) in [6, 6.07) is 26.3. The minimum atomic E-state index is -0.121. The molecule has 0 radical (unpaired) electrons. The molecule has 0 spiro atoms. The minimum absolute atomic E-state index is 0.112. The summed E-state index contributed by atoms with van der Waals surface area (Å²) in [4.78, 5) is 30.2. The molecule has 7 heteroatoms. The highest BCUT2D eigenvalue weighted by molar-refractivity contribution is 5.94. The van der Waals surface area contributed by atoms with Gasteiger partial charge in [0.2, 0.25) is 0 Å². The van der Waals surface area contributed by atoms with E-state index in [1.807, 2.05) is 70.5 Å². The van der Waals surface area contributed by atoms with Crippen LogP contribution in [-0.2, 0) is 6.42 Å². The number of nitrogens with zero attached hydrogens (tertiary/aromatic N) is 5. The molecule has 2 fully saturated rings. The van der Waals surface area contributed by atoms with E-state index in [-0.39, 0.29) is 18.0 Å². The van der Waals surface area contributed by atoms with E-state index in [1.165, 1.54) is 16.7 Å². The second kappa shape index (κ2) is 11.9. The van der Waals surface area contributed by atoms with Gasteiger partial charge in [0.1, 0.15) is 5.69 Å². The number of carbonyl (C=O) groups excluding carboxylic acids is 2. The first kappa shape index (κ1) is 26.0. The largest absolute Gasteiger partial charge is 0.346 e. The third-order valence-corrected chi connectivity index (χ3v) is 8.14. The van der Waals surface area contributed by atoms with Crippen molar-refractivity contribution in [2.75, 3.05) is 19.6 Å². The summed E-state index contributed by atoms with van der Waals surface area (Å²) in [5.74, 6) is 0.112. The Morgan fingerprint density at radius 3 is 2.30 bits per heavy atom. The first-order chi connectivity index (χ1) is 19.7. The molecule has 4 aromatic rings. The topological polar surface area (TPSA) is 71.3 Å². The molecule has 7 nitrogen and oxygen atoms in total. The Bertz CT molecular complexity index is 1460. The Balaban J connectivity index is 1.16. The van der Waals surface area contributed by atoms with E-state index in [2.05, 4.69) is 28.5 Å². The van der Waals surface area contributed by atoms with Crippen LogP contribution in [0.2, 0.25) is 0 Å². The van der Waals surface area contributed by atoms with E-state index in [9.17, 15) is 9.59 Å². The van der Waals surface area contributed by atoms with Crippen molar-refractivity contribution in [1.82, 2.24) is 24.8 Å². The zero-order chi connectivity index (χ0) is 27.3. The number of hydrogen-bond donors (Lipinski definition) is 0. The van der Waals surface area contributed by atoms with Crippen LogP contribution in [0.15, 0.2) is 85.1 Å². The van der Waals surface area contributed by atoms with Crippen LogP contribution in [0.3, 0.4) is 0 Å². The van der Waals surface area contributed by atoms with Crippen LogP contribution >= 0.6 is 0 Å². The average Bonchev–Trinajstić information content (AvgIpc) is 3.52. The molecule has 204 valence electrons. The van der Waals surface area contributed by atoms with Gasteiger partial charge in [-0.05, 0) is 79.8 Å². The van der Waals surface area contributed by atoms with Crippen LogP contribution in [0, 0.1) is 0 Å². The maximum absolute atomic E-state index is 13.5. The van der Waals surface area contributed by atoms with E-state index < -0.39 is 0 Å². The minimum Gasteiger partial charge on any atom is -0.339 e. The van der Waals surface area contributed by atoms with Crippen molar-refractivity contribution in [1.29, 1.82) is 0 Å². The summed E-state index contributed by atoms with van der Waals surface area (Å²) in [7, 11) is 0. The van der Waals surface area contributed by atoms with Crippen LogP contribution in [-0.4, -0.2) is 62.4 Å². The maximum atomic E-state index is 13.5. The van der Waals surface area contributed by atoms with Crippen LogP contribution in [0.1, 0.15) is 54.4 Å². The summed E-state index contributed by atoms with van der Waals surface area (Å²) in [6.07, 6.45) is 9.07. The van der Waals surface area contributed by atoms with Gasteiger partial charge in [0.25, 0.3) is 5.91 Å². The predicted octanol–water partition coefficient (Wildman–Crippen LogP) is 6.30. The molecule has 3 aromatic carbocycles. The van der Waals surface area contributed by atoms with E-state index in [0.29, 0.717) is 5.69 Å². The molecule has 2 aliphatic heterocycles. The lowest BCUT2D eigenvalue weighted by Crippen LogP contribution is -2.46. The fourth-order valence-electron chi connectivity index (χ4n) is 5.91. The molecule has 2 amide bonds. The molecule has 1 atom stereocenters. The normalized spacial score (nSPS) is 17.6. The van der Waals surface area contributed by atoms with Crippen LogP contribution in [0.4, 0.5) is 4.79 Å². The molecular weight excluding hydrogens is 498 g/mol. The molecule has 6 rings (SSSR count). The first-order valence-electron chi connectivity index (χ1n) is 14.4. The Labute approximate surface area is 235 Å². The summed E-state index contributed by atoms with van der Waals surface area (Å²) >= 11 is 0. The zero-order valence-electron chi connectivity index (χ0n) is 22.8. The van der Waals surface area contributed by atoms with Gasteiger partial charge in [-0.15, -0.1) is 5.10 Å². The van der Waals surface area contributed by atoms with Crippen LogP contribution in [0.25, 0.3) is 22.4 Å². The number of benzene rings is 3. The maximum Gasteiger partial charge on any atom is 0.346 e. The third kappa shape index (κ3) is 5.69. The second-order valence-corrected chi connectivity index (χ2v) is 10.9. The number of likely N-dealkylation sites (tertiary alicyclic amines) is 2.